The van der Waals surface area contributed by atoms with Crippen LogP contribution in [0.5, 0.6) is 0 Å². The van der Waals surface area contributed by atoms with E-state index in [1.807, 2.05) is 12.1 Å². The van der Waals surface area contributed by atoms with Crippen LogP contribution in [0.3, 0.4) is 0 Å². The van der Waals surface area contributed by atoms with Gasteiger partial charge in [0.1, 0.15) is 5.60 Å². The summed E-state index contributed by atoms with van der Waals surface area (Å²) in [5, 5.41) is 8.59. The Morgan fingerprint density at radius 1 is 1.25 bits per heavy atom. The first-order chi connectivity index (χ1) is 5.56. The Morgan fingerprint density at radius 2 is 1.75 bits per heavy atom. The lowest BCUT2D eigenvalue weighted by Crippen LogP contribution is -2.19. The van der Waals surface area contributed by atoms with Gasteiger partial charge in [0.25, 0.3) is 0 Å². The highest BCUT2D eigenvalue weighted by molar-refractivity contribution is 5.40. The third-order valence-corrected chi connectivity index (χ3v) is 1.83. The van der Waals surface area contributed by atoms with Crippen LogP contribution in [-0.4, -0.2) is 5.26 Å². The van der Waals surface area contributed by atoms with Gasteiger partial charge in [-0.05, 0) is 31.5 Å². The number of anilines is 1. The summed E-state index contributed by atoms with van der Waals surface area (Å²) in [6.07, 6.45) is 0. The van der Waals surface area contributed by atoms with Crippen LogP contribution in [-0.2, 0) is 10.5 Å². The van der Waals surface area contributed by atoms with E-state index in [1.54, 1.807) is 26.0 Å². The van der Waals surface area contributed by atoms with Gasteiger partial charge in [0.15, 0.2) is 0 Å². The van der Waals surface area contributed by atoms with Gasteiger partial charge in [0.05, 0.1) is 0 Å². The first-order valence-corrected chi connectivity index (χ1v) is 3.75. The lowest BCUT2D eigenvalue weighted by molar-refractivity contribution is -0.318. The molecule has 0 aliphatic heterocycles. The van der Waals surface area contributed by atoms with Gasteiger partial charge in [-0.3, -0.25) is 5.26 Å². The zero-order chi connectivity index (χ0) is 9.19. The topological polar surface area (TPSA) is 55.5 Å². The Balaban J connectivity index is 2.96. The molecular weight excluding hydrogens is 154 g/mol. The third-order valence-electron chi connectivity index (χ3n) is 1.83. The van der Waals surface area contributed by atoms with Gasteiger partial charge in [-0.1, -0.05) is 12.1 Å². The number of hydrogen-bond donors (Lipinski definition) is 2. The molecule has 3 heteroatoms. The van der Waals surface area contributed by atoms with Crippen molar-refractivity contribution in [3.8, 4) is 0 Å². The number of nitrogens with two attached hydrogens (primary N) is 1. The molecule has 66 valence electrons. The highest BCUT2D eigenvalue weighted by atomic mass is 17.1. The van der Waals surface area contributed by atoms with Gasteiger partial charge < -0.3 is 5.73 Å². The van der Waals surface area contributed by atoms with E-state index in [9.17, 15) is 0 Å². The van der Waals surface area contributed by atoms with E-state index < -0.39 is 5.60 Å². The molecule has 0 amide bonds. The Bertz CT molecular complexity index is 254. The van der Waals surface area contributed by atoms with Crippen LogP contribution >= 0.6 is 0 Å². The molecule has 1 aromatic carbocycles. The van der Waals surface area contributed by atoms with Crippen molar-refractivity contribution >= 4 is 5.69 Å². The maximum atomic E-state index is 8.59. The van der Waals surface area contributed by atoms with Crippen LogP contribution in [0, 0.1) is 0 Å². The maximum Gasteiger partial charge on any atom is 0.123 e. The minimum Gasteiger partial charge on any atom is -0.399 e. The molecule has 0 saturated carbocycles. The van der Waals surface area contributed by atoms with Crippen LogP contribution in [0.4, 0.5) is 5.69 Å². The first-order valence-electron chi connectivity index (χ1n) is 3.75. The molecule has 0 aliphatic rings. The SMILES string of the molecule is CC(C)(OO)c1ccc(N)cc1. The molecule has 12 heavy (non-hydrogen) atoms. The fourth-order valence-corrected chi connectivity index (χ4v) is 0.937. The molecule has 0 unspecified atom stereocenters. The summed E-state index contributed by atoms with van der Waals surface area (Å²) in [4.78, 5) is 4.32. The molecule has 1 aromatic rings. The second kappa shape index (κ2) is 3.13. The summed E-state index contributed by atoms with van der Waals surface area (Å²) < 4.78 is 0. The molecule has 0 spiro atoms. The highest BCUT2D eigenvalue weighted by Crippen LogP contribution is 2.23. The summed E-state index contributed by atoms with van der Waals surface area (Å²) in [6, 6.07) is 7.20. The molecule has 1 rings (SSSR count). The third kappa shape index (κ3) is 1.75. The van der Waals surface area contributed by atoms with Crippen LogP contribution in [0.25, 0.3) is 0 Å². The molecule has 3 nitrogen and oxygen atoms in total. The minimum absolute atomic E-state index is 0.673. The Hall–Kier alpha value is -1.06. The molecule has 0 saturated heterocycles. The molecule has 0 bridgehead atoms. The zero-order valence-corrected chi connectivity index (χ0v) is 7.24. The molecule has 0 atom stereocenters. The second-order valence-electron chi connectivity index (χ2n) is 3.22. The summed E-state index contributed by atoms with van der Waals surface area (Å²) >= 11 is 0. The fraction of sp³-hybridized carbons (Fsp3) is 0.333. The summed E-state index contributed by atoms with van der Waals surface area (Å²) in [5.41, 5.74) is 6.42. The summed E-state index contributed by atoms with van der Waals surface area (Å²) in [6.45, 7) is 3.55. The Labute approximate surface area is 71.7 Å². The summed E-state index contributed by atoms with van der Waals surface area (Å²) in [5.74, 6) is 0. The quantitative estimate of drug-likeness (QED) is 0.402. The van der Waals surface area contributed by atoms with Gasteiger partial charge in [-0.15, -0.1) is 0 Å². The van der Waals surface area contributed by atoms with E-state index in [-0.39, 0.29) is 0 Å². The van der Waals surface area contributed by atoms with E-state index in [1.165, 1.54) is 0 Å². The average molecular weight is 167 g/mol. The molecule has 3 N–H and O–H groups in total. The lowest BCUT2D eigenvalue weighted by atomic mass is 9.98. The predicted molar refractivity (Wildman–Crippen MR) is 47.6 cm³/mol. The van der Waals surface area contributed by atoms with Gasteiger partial charge in [-0.25, -0.2) is 4.89 Å². The minimum atomic E-state index is -0.673. The average Bonchev–Trinajstić information content (AvgIpc) is 2.05. The zero-order valence-electron chi connectivity index (χ0n) is 7.24. The predicted octanol–water partition coefficient (Wildman–Crippen LogP) is 1.99. The second-order valence-corrected chi connectivity index (χ2v) is 3.22. The van der Waals surface area contributed by atoms with Crippen molar-refractivity contribution in [1.29, 1.82) is 0 Å². The number of rotatable bonds is 2. The number of benzene rings is 1. The van der Waals surface area contributed by atoms with Gasteiger partial charge in [0.2, 0.25) is 0 Å². The lowest BCUT2D eigenvalue weighted by Gasteiger charge is -2.20. The van der Waals surface area contributed by atoms with E-state index in [0.29, 0.717) is 5.69 Å². The van der Waals surface area contributed by atoms with Gasteiger partial charge >= 0.3 is 0 Å². The van der Waals surface area contributed by atoms with Crippen LogP contribution in [0.15, 0.2) is 24.3 Å². The molecule has 0 aliphatic carbocycles. The molecule has 0 aromatic heterocycles. The highest BCUT2D eigenvalue weighted by Gasteiger charge is 2.20. The van der Waals surface area contributed by atoms with Crippen molar-refractivity contribution in [2.45, 2.75) is 19.4 Å². The molecule has 0 fully saturated rings. The smallest absolute Gasteiger partial charge is 0.123 e. The van der Waals surface area contributed by atoms with Crippen LogP contribution in [0.1, 0.15) is 19.4 Å². The van der Waals surface area contributed by atoms with Crippen LogP contribution in [0.2, 0.25) is 0 Å². The van der Waals surface area contributed by atoms with Crippen LogP contribution < -0.4 is 5.73 Å². The van der Waals surface area contributed by atoms with Crippen molar-refractivity contribution in [2.24, 2.45) is 0 Å². The van der Waals surface area contributed by atoms with Crippen molar-refractivity contribution in [3.05, 3.63) is 29.8 Å². The fourth-order valence-electron chi connectivity index (χ4n) is 0.937. The van der Waals surface area contributed by atoms with Crippen molar-refractivity contribution in [1.82, 2.24) is 0 Å². The number of nitrogen functional groups attached to an aromatic ring is 1. The Morgan fingerprint density at radius 3 is 2.17 bits per heavy atom. The van der Waals surface area contributed by atoms with E-state index in [2.05, 4.69) is 4.89 Å². The van der Waals surface area contributed by atoms with E-state index >= 15 is 0 Å². The van der Waals surface area contributed by atoms with Crippen molar-refractivity contribution < 1.29 is 10.1 Å². The van der Waals surface area contributed by atoms with Gasteiger partial charge in [0, 0.05) is 5.69 Å². The number of hydrogen-bond acceptors (Lipinski definition) is 3. The Kier molecular flexibility index (Phi) is 2.35. The first kappa shape index (κ1) is 9.03. The van der Waals surface area contributed by atoms with E-state index in [4.69, 9.17) is 11.0 Å². The largest absolute Gasteiger partial charge is 0.399 e. The monoisotopic (exact) mass is 167 g/mol. The van der Waals surface area contributed by atoms with E-state index in [0.717, 1.165) is 5.56 Å². The molecule has 0 heterocycles. The molecular formula is C9H13NO2. The maximum absolute atomic E-state index is 8.59. The van der Waals surface area contributed by atoms with Crippen molar-refractivity contribution in [2.75, 3.05) is 5.73 Å². The normalized spacial score (nSPS) is 11.6. The molecule has 0 radical (unpaired) electrons. The standard InChI is InChI=1S/C9H13NO2/c1-9(2,12-11)7-3-5-8(10)6-4-7/h3-6,11H,10H2,1-2H3. The van der Waals surface area contributed by atoms with Gasteiger partial charge in [-0.2, -0.15) is 0 Å². The summed E-state index contributed by atoms with van der Waals surface area (Å²) in [7, 11) is 0. The van der Waals surface area contributed by atoms with Crippen molar-refractivity contribution in [3.63, 3.8) is 0 Å².